The highest BCUT2D eigenvalue weighted by Crippen LogP contribution is 2.42. The number of fused-ring (bicyclic) bond motifs is 1. The summed E-state index contributed by atoms with van der Waals surface area (Å²) in [5.74, 6) is 0.0159. The van der Waals surface area contributed by atoms with Crippen LogP contribution in [0.2, 0.25) is 0 Å². The number of aliphatic imine (C=N–C) groups is 1. The monoisotopic (exact) mass is 460 g/mol. The van der Waals surface area contributed by atoms with Crippen molar-refractivity contribution >= 4 is 38.4 Å². The minimum Gasteiger partial charge on any atom is -0.316 e. The zero-order chi connectivity index (χ0) is 21.5. The third-order valence-corrected chi connectivity index (χ3v) is 9.19. The van der Waals surface area contributed by atoms with Crippen LogP contribution in [0.15, 0.2) is 29.3 Å². The van der Waals surface area contributed by atoms with Crippen molar-refractivity contribution in [3.8, 4) is 0 Å². The van der Waals surface area contributed by atoms with Crippen LogP contribution in [0.4, 0.5) is 18.9 Å². The Hall–Kier alpha value is -1.55. The number of hydrogen-bond donors (Lipinski definition) is 0. The minimum atomic E-state index is -4.52. The topological polar surface area (TPSA) is 66.8 Å². The molecule has 3 fully saturated rings. The number of amidine groups is 1. The van der Waals surface area contributed by atoms with Gasteiger partial charge in [0.15, 0.2) is 15.0 Å². The number of halogens is 3. The fourth-order valence-electron chi connectivity index (χ4n) is 4.49. The Labute approximate surface area is 178 Å². The maximum Gasteiger partial charge on any atom is 0.416 e. The van der Waals surface area contributed by atoms with Crippen molar-refractivity contribution in [1.82, 2.24) is 0 Å². The largest absolute Gasteiger partial charge is 0.416 e. The second-order valence-electron chi connectivity index (χ2n) is 8.20. The minimum absolute atomic E-state index is 0.0624. The number of rotatable bonds is 4. The molecule has 0 bridgehead atoms. The van der Waals surface area contributed by atoms with Crippen LogP contribution < -0.4 is 4.90 Å². The third kappa shape index (κ3) is 4.69. The first kappa shape index (κ1) is 21.7. The molecule has 30 heavy (non-hydrogen) atoms. The quantitative estimate of drug-likeness (QED) is 0.671. The van der Waals surface area contributed by atoms with E-state index in [0.29, 0.717) is 17.5 Å². The fraction of sp³-hybridized carbons (Fsp3) is 0.600. The molecule has 2 saturated heterocycles. The summed E-state index contributed by atoms with van der Waals surface area (Å²) in [6.07, 6.45) is 1.17. The summed E-state index contributed by atoms with van der Waals surface area (Å²) in [4.78, 5) is 18.2. The molecule has 2 heterocycles. The van der Waals surface area contributed by atoms with Gasteiger partial charge >= 0.3 is 6.18 Å². The van der Waals surface area contributed by atoms with Gasteiger partial charge in [0.2, 0.25) is 5.91 Å². The van der Waals surface area contributed by atoms with Gasteiger partial charge < -0.3 is 4.90 Å². The van der Waals surface area contributed by atoms with Crippen LogP contribution in [-0.4, -0.2) is 42.3 Å². The van der Waals surface area contributed by atoms with E-state index in [4.69, 9.17) is 0 Å². The van der Waals surface area contributed by atoms with Crippen LogP contribution in [0.5, 0.6) is 0 Å². The van der Waals surface area contributed by atoms with Crippen LogP contribution in [-0.2, 0) is 20.8 Å². The molecule has 1 aromatic rings. The Bertz CT molecular complexity index is 956. The maximum atomic E-state index is 13.2. The Balaban J connectivity index is 1.60. The molecular weight excluding hydrogens is 437 g/mol. The van der Waals surface area contributed by atoms with Crippen molar-refractivity contribution in [3.05, 3.63) is 29.8 Å². The molecule has 164 valence electrons. The van der Waals surface area contributed by atoms with Crippen molar-refractivity contribution < 1.29 is 26.4 Å². The molecule has 2 aliphatic heterocycles. The number of thioether (sulfide) groups is 1. The van der Waals surface area contributed by atoms with Gasteiger partial charge in [-0.3, -0.25) is 4.79 Å². The molecule has 2 atom stereocenters. The number of carbonyl (C=O) groups excluding carboxylic acids is 1. The average molecular weight is 461 g/mol. The fourth-order valence-corrected chi connectivity index (χ4v) is 8.42. The molecular formula is C20H23F3N2O3S2. The SMILES string of the molecule is O=C(CCC1CCCC1)N=C1S[C@H]2CS(=O)(=O)C[C@H]2N1c1cccc(C(F)(F)F)c1. The van der Waals surface area contributed by atoms with Crippen molar-refractivity contribution in [2.45, 2.75) is 56.0 Å². The summed E-state index contributed by atoms with van der Waals surface area (Å²) in [6, 6.07) is 4.23. The number of anilines is 1. The lowest BCUT2D eigenvalue weighted by Crippen LogP contribution is -2.37. The number of nitrogens with zero attached hydrogens (tertiary/aromatic N) is 2. The van der Waals surface area contributed by atoms with Gasteiger partial charge in [-0.1, -0.05) is 43.5 Å². The van der Waals surface area contributed by atoms with Crippen LogP contribution in [0.3, 0.4) is 0 Å². The smallest absolute Gasteiger partial charge is 0.316 e. The van der Waals surface area contributed by atoms with Gasteiger partial charge in [-0.2, -0.15) is 18.2 Å². The molecule has 0 N–H and O–H groups in total. The van der Waals surface area contributed by atoms with Gasteiger partial charge in [-0.05, 0) is 30.5 Å². The van der Waals surface area contributed by atoms with Crippen LogP contribution in [0.25, 0.3) is 0 Å². The summed E-state index contributed by atoms with van der Waals surface area (Å²) in [7, 11) is -3.28. The molecule has 1 aliphatic carbocycles. The average Bonchev–Trinajstić information content (AvgIpc) is 3.34. The predicted molar refractivity (Wildman–Crippen MR) is 111 cm³/mol. The highest BCUT2D eigenvalue weighted by molar-refractivity contribution is 8.16. The van der Waals surface area contributed by atoms with E-state index >= 15 is 0 Å². The standard InChI is InChI=1S/C20H23F3N2O3S2/c21-20(22,23)14-6-3-7-15(10-14)25-16-11-30(27,28)12-17(16)29-19(25)24-18(26)9-8-13-4-1-2-5-13/h3,6-7,10,13,16-17H,1-2,4-5,8-9,11-12H2/t16-,17+/m1/s1. The number of carbonyl (C=O) groups is 1. The Morgan fingerprint density at radius 2 is 1.93 bits per heavy atom. The Kier molecular flexibility index (Phi) is 5.91. The molecule has 0 spiro atoms. The molecule has 5 nitrogen and oxygen atoms in total. The Morgan fingerprint density at radius 1 is 1.20 bits per heavy atom. The van der Waals surface area contributed by atoms with Crippen LogP contribution in [0.1, 0.15) is 44.1 Å². The van der Waals surface area contributed by atoms with Crippen LogP contribution in [0, 0.1) is 5.92 Å². The van der Waals surface area contributed by atoms with Gasteiger partial charge in [-0.15, -0.1) is 0 Å². The summed E-state index contributed by atoms with van der Waals surface area (Å²) in [5, 5.41) is -0.0402. The molecule has 3 aliphatic rings. The van der Waals surface area contributed by atoms with Crippen molar-refractivity contribution in [1.29, 1.82) is 0 Å². The van der Waals surface area contributed by atoms with E-state index in [-0.39, 0.29) is 28.4 Å². The number of benzene rings is 1. The molecule has 10 heteroatoms. The van der Waals surface area contributed by atoms with E-state index in [1.54, 1.807) is 0 Å². The first-order valence-electron chi connectivity index (χ1n) is 10.1. The number of sulfone groups is 1. The summed E-state index contributed by atoms with van der Waals surface area (Å²) in [6.45, 7) is 0. The van der Waals surface area contributed by atoms with Gasteiger partial charge in [-0.25, -0.2) is 8.42 Å². The van der Waals surface area contributed by atoms with Crippen molar-refractivity contribution in [3.63, 3.8) is 0 Å². The number of hydrogen-bond acceptors (Lipinski definition) is 4. The number of alkyl halides is 3. The lowest BCUT2D eigenvalue weighted by atomic mass is 10.0. The molecule has 1 amide bonds. The molecule has 0 radical (unpaired) electrons. The maximum absolute atomic E-state index is 13.2. The Morgan fingerprint density at radius 3 is 2.63 bits per heavy atom. The van der Waals surface area contributed by atoms with Crippen LogP contribution >= 0.6 is 11.8 Å². The molecule has 1 aromatic carbocycles. The first-order valence-corrected chi connectivity index (χ1v) is 12.8. The normalized spacial score (nSPS) is 27.7. The zero-order valence-corrected chi connectivity index (χ0v) is 17.9. The van der Waals surface area contributed by atoms with Gasteiger partial charge in [0.25, 0.3) is 0 Å². The van der Waals surface area contributed by atoms with Gasteiger partial charge in [0.05, 0.1) is 23.1 Å². The van der Waals surface area contributed by atoms with E-state index in [0.717, 1.165) is 31.4 Å². The highest BCUT2D eigenvalue weighted by atomic mass is 32.2. The first-order chi connectivity index (χ1) is 14.1. The van der Waals surface area contributed by atoms with E-state index in [2.05, 4.69) is 4.99 Å². The summed E-state index contributed by atoms with van der Waals surface area (Å²) in [5.41, 5.74) is -0.606. The number of amides is 1. The van der Waals surface area contributed by atoms with Crippen molar-refractivity contribution in [2.24, 2.45) is 10.9 Å². The van der Waals surface area contributed by atoms with E-state index in [1.807, 2.05) is 0 Å². The van der Waals surface area contributed by atoms with Gasteiger partial charge in [0, 0.05) is 17.4 Å². The van der Waals surface area contributed by atoms with E-state index in [9.17, 15) is 26.4 Å². The lowest BCUT2D eigenvalue weighted by Gasteiger charge is -2.25. The highest BCUT2D eigenvalue weighted by Gasteiger charge is 2.49. The summed E-state index contributed by atoms with van der Waals surface area (Å²) < 4.78 is 63.8. The second kappa shape index (κ2) is 8.18. The molecule has 0 aromatic heterocycles. The predicted octanol–water partition coefficient (Wildman–Crippen LogP) is 4.28. The second-order valence-corrected chi connectivity index (χ2v) is 11.6. The van der Waals surface area contributed by atoms with Gasteiger partial charge in [0.1, 0.15) is 0 Å². The zero-order valence-electron chi connectivity index (χ0n) is 16.3. The van der Waals surface area contributed by atoms with E-state index in [1.165, 1.54) is 41.6 Å². The van der Waals surface area contributed by atoms with Crippen molar-refractivity contribution in [2.75, 3.05) is 16.4 Å². The van der Waals surface area contributed by atoms with E-state index < -0.39 is 27.6 Å². The summed E-state index contributed by atoms with van der Waals surface area (Å²) >= 11 is 1.18. The molecule has 1 saturated carbocycles. The third-order valence-electron chi connectivity index (χ3n) is 5.98. The molecule has 0 unspecified atom stereocenters. The molecule has 4 rings (SSSR count). The lowest BCUT2D eigenvalue weighted by molar-refractivity contribution is -0.137.